The largest absolute Gasteiger partial charge is 0.481 e. The summed E-state index contributed by atoms with van der Waals surface area (Å²) in [5.41, 5.74) is 0. The lowest BCUT2D eigenvalue weighted by molar-refractivity contribution is -0.141. The van der Waals surface area contributed by atoms with Crippen molar-refractivity contribution < 1.29 is 19.4 Å². The number of carbonyl (C=O) groups is 2. The highest BCUT2D eigenvalue weighted by Crippen LogP contribution is 2.15. The van der Waals surface area contributed by atoms with E-state index in [1.165, 1.54) is 4.90 Å². The van der Waals surface area contributed by atoms with Crippen LogP contribution in [0, 0.1) is 5.92 Å². The number of amides is 2. The highest BCUT2D eigenvalue weighted by Gasteiger charge is 2.30. The van der Waals surface area contributed by atoms with E-state index in [-0.39, 0.29) is 12.1 Å². The number of urea groups is 1. The first-order valence-electron chi connectivity index (χ1n) is 5.91. The molecule has 0 aromatic rings. The minimum Gasteiger partial charge on any atom is -0.481 e. The number of carbonyl (C=O) groups excluding carboxylic acids is 1. The van der Waals surface area contributed by atoms with Gasteiger partial charge < -0.3 is 20.1 Å². The van der Waals surface area contributed by atoms with Crippen LogP contribution in [0.5, 0.6) is 0 Å². The van der Waals surface area contributed by atoms with Crippen LogP contribution < -0.4 is 5.32 Å². The fraction of sp³-hybridized carbons (Fsp3) is 0.818. The van der Waals surface area contributed by atoms with Crippen LogP contribution in [0.4, 0.5) is 4.79 Å². The minimum absolute atomic E-state index is 0.0261. The molecule has 1 fully saturated rings. The van der Waals surface area contributed by atoms with Gasteiger partial charge in [-0.15, -0.1) is 0 Å². The van der Waals surface area contributed by atoms with Crippen molar-refractivity contribution in [3.05, 3.63) is 0 Å². The Morgan fingerprint density at radius 1 is 1.59 bits per heavy atom. The molecular formula is C11H20N2O4. The summed E-state index contributed by atoms with van der Waals surface area (Å²) < 4.78 is 5.29. The molecule has 1 aliphatic rings. The Bertz CT molecular complexity index is 283. The van der Waals surface area contributed by atoms with Gasteiger partial charge in [-0.05, 0) is 20.3 Å². The average molecular weight is 244 g/mol. The monoisotopic (exact) mass is 244 g/mol. The van der Waals surface area contributed by atoms with Crippen molar-refractivity contribution in [1.29, 1.82) is 0 Å². The molecule has 1 rings (SSSR count). The van der Waals surface area contributed by atoms with Crippen molar-refractivity contribution in [1.82, 2.24) is 10.2 Å². The van der Waals surface area contributed by atoms with Gasteiger partial charge >= 0.3 is 12.0 Å². The van der Waals surface area contributed by atoms with Crippen LogP contribution in [0.1, 0.15) is 20.3 Å². The molecule has 0 spiro atoms. The summed E-state index contributed by atoms with van der Waals surface area (Å²) in [5.74, 6) is -1.26. The normalized spacial score (nSPS) is 21.3. The maximum Gasteiger partial charge on any atom is 0.317 e. The predicted octanol–water partition coefficient (Wildman–Crippen LogP) is 0.527. The minimum atomic E-state index is -0.831. The summed E-state index contributed by atoms with van der Waals surface area (Å²) in [6, 6.07) is -0.208. The molecule has 0 bridgehead atoms. The average Bonchev–Trinajstić information content (AvgIpc) is 2.75. The van der Waals surface area contributed by atoms with Gasteiger partial charge in [-0.3, -0.25) is 4.79 Å². The van der Waals surface area contributed by atoms with Gasteiger partial charge in [-0.1, -0.05) is 0 Å². The molecule has 2 amide bonds. The summed E-state index contributed by atoms with van der Waals surface area (Å²) in [7, 11) is 0. The van der Waals surface area contributed by atoms with Crippen LogP contribution in [0.3, 0.4) is 0 Å². The van der Waals surface area contributed by atoms with Gasteiger partial charge in [0.05, 0.1) is 12.0 Å². The van der Waals surface area contributed by atoms with Crippen molar-refractivity contribution in [2.45, 2.75) is 26.4 Å². The number of nitrogens with one attached hydrogen (secondary N) is 1. The zero-order valence-corrected chi connectivity index (χ0v) is 10.3. The highest BCUT2D eigenvalue weighted by atomic mass is 16.5. The van der Waals surface area contributed by atoms with Gasteiger partial charge in [0.25, 0.3) is 0 Å². The standard InChI is InChI=1S/C11H20N2O4/c1-3-17-8(2)6-12-11(16)13-5-4-9(7-13)10(14)15/h8-9H,3-7H2,1-2H3,(H,12,16)(H,14,15). The van der Waals surface area contributed by atoms with Crippen LogP contribution >= 0.6 is 0 Å². The Morgan fingerprint density at radius 3 is 2.82 bits per heavy atom. The molecule has 6 nitrogen and oxygen atoms in total. The van der Waals surface area contributed by atoms with E-state index in [1.54, 1.807) is 0 Å². The Morgan fingerprint density at radius 2 is 2.29 bits per heavy atom. The van der Waals surface area contributed by atoms with Crippen LogP contribution in [0.2, 0.25) is 0 Å². The van der Waals surface area contributed by atoms with Gasteiger partial charge in [-0.25, -0.2) is 4.79 Å². The molecule has 2 atom stereocenters. The molecule has 98 valence electrons. The Labute approximate surface area is 101 Å². The van der Waals surface area contributed by atoms with Crippen molar-refractivity contribution >= 4 is 12.0 Å². The van der Waals surface area contributed by atoms with E-state index < -0.39 is 11.9 Å². The Kier molecular flexibility index (Phi) is 5.21. The quantitative estimate of drug-likeness (QED) is 0.739. The van der Waals surface area contributed by atoms with E-state index >= 15 is 0 Å². The Hall–Kier alpha value is -1.30. The first kappa shape index (κ1) is 13.8. The summed E-state index contributed by atoms with van der Waals surface area (Å²) in [4.78, 5) is 24.0. The topological polar surface area (TPSA) is 78.9 Å². The third-order valence-electron chi connectivity index (χ3n) is 2.82. The third kappa shape index (κ3) is 4.22. The molecule has 0 aromatic heterocycles. The van der Waals surface area contributed by atoms with Gasteiger partial charge in [0, 0.05) is 26.2 Å². The third-order valence-corrected chi connectivity index (χ3v) is 2.82. The van der Waals surface area contributed by atoms with E-state index in [0.717, 1.165) is 0 Å². The second-order valence-electron chi connectivity index (χ2n) is 4.22. The van der Waals surface area contributed by atoms with Crippen molar-refractivity contribution in [2.24, 2.45) is 5.92 Å². The molecule has 1 saturated heterocycles. The predicted molar refractivity (Wildman–Crippen MR) is 61.8 cm³/mol. The summed E-state index contributed by atoms with van der Waals surface area (Å²) >= 11 is 0. The summed E-state index contributed by atoms with van der Waals surface area (Å²) in [6.45, 7) is 5.64. The van der Waals surface area contributed by atoms with E-state index in [2.05, 4.69) is 5.32 Å². The van der Waals surface area contributed by atoms with Crippen molar-refractivity contribution in [2.75, 3.05) is 26.2 Å². The fourth-order valence-electron chi connectivity index (χ4n) is 1.83. The molecule has 2 N–H and O–H groups in total. The lowest BCUT2D eigenvalue weighted by Crippen LogP contribution is -2.42. The molecule has 0 radical (unpaired) electrons. The molecule has 0 aromatic carbocycles. The summed E-state index contributed by atoms with van der Waals surface area (Å²) in [5, 5.41) is 11.6. The first-order chi connectivity index (χ1) is 8.04. The number of hydrogen-bond acceptors (Lipinski definition) is 3. The molecule has 1 heterocycles. The van der Waals surface area contributed by atoms with Crippen LogP contribution in [0.15, 0.2) is 0 Å². The maximum absolute atomic E-state index is 11.7. The SMILES string of the molecule is CCOC(C)CNC(=O)N1CCC(C(=O)O)C1. The number of nitrogens with zero attached hydrogens (tertiary/aromatic N) is 1. The van der Waals surface area contributed by atoms with E-state index in [9.17, 15) is 9.59 Å². The number of hydrogen-bond donors (Lipinski definition) is 2. The molecular weight excluding hydrogens is 224 g/mol. The maximum atomic E-state index is 11.7. The number of rotatable bonds is 5. The first-order valence-corrected chi connectivity index (χ1v) is 5.91. The second kappa shape index (κ2) is 6.44. The van der Waals surface area contributed by atoms with Crippen LogP contribution in [0.25, 0.3) is 0 Å². The molecule has 6 heteroatoms. The molecule has 0 saturated carbocycles. The highest BCUT2D eigenvalue weighted by molar-refractivity contribution is 5.77. The zero-order chi connectivity index (χ0) is 12.8. The second-order valence-corrected chi connectivity index (χ2v) is 4.22. The fourth-order valence-corrected chi connectivity index (χ4v) is 1.83. The van der Waals surface area contributed by atoms with E-state index in [4.69, 9.17) is 9.84 Å². The van der Waals surface area contributed by atoms with Gasteiger partial charge in [0.2, 0.25) is 0 Å². The number of likely N-dealkylation sites (tertiary alicyclic amines) is 1. The number of carboxylic acids is 1. The lowest BCUT2D eigenvalue weighted by atomic mass is 10.1. The van der Waals surface area contributed by atoms with Crippen molar-refractivity contribution in [3.8, 4) is 0 Å². The van der Waals surface area contributed by atoms with Crippen LogP contribution in [-0.2, 0) is 9.53 Å². The molecule has 17 heavy (non-hydrogen) atoms. The Balaban J connectivity index is 2.27. The molecule has 0 aliphatic carbocycles. The number of carboxylic acid groups (broad SMARTS) is 1. The number of ether oxygens (including phenoxy) is 1. The summed E-state index contributed by atoms with van der Waals surface area (Å²) in [6.07, 6.45) is 0.505. The van der Waals surface area contributed by atoms with Gasteiger partial charge in [0.15, 0.2) is 0 Å². The van der Waals surface area contributed by atoms with Gasteiger partial charge in [-0.2, -0.15) is 0 Å². The number of aliphatic carboxylic acids is 1. The van der Waals surface area contributed by atoms with Crippen LogP contribution in [-0.4, -0.2) is 54.4 Å². The van der Waals surface area contributed by atoms with Crippen molar-refractivity contribution in [3.63, 3.8) is 0 Å². The van der Waals surface area contributed by atoms with Gasteiger partial charge in [0.1, 0.15) is 0 Å². The molecule has 2 unspecified atom stereocenters. The lowest BCUT2D eigenvalue weighted by Gasteiger charge is -2.19. The van der Waals surface area contributed by atoms with E-state index in [0.29, 0.717) is 32.7 Å². The zero-order valence-electron chi connectivity index (χ0n) is 10.3. The van der Waals surface area contributed by atoms with E-state index in [1.807, 2.05) is 13.8 Å². The smallest absolute Gasteiger partial charge is 0.317 e. The molecule has 1 aliphatic heterocycles.